The Labute approximate surface area is 216 Å². The molecule has 0 aromatic carbocycles. The van der Waals surface area contributed by atoms with Gasteiger partial charge in [0.15, 0.2) is 5.71 Å². The fourth-order valence-electron chi connectivity index (χ4n) is 4.80. The minimum absolute atomic E-state index is 0.271. The number of carbonyl (C=O) groups excluding carboxylic acids is 1. The van der Waals surface area contributed by atoms with Crippen molar-refractivity contribution in [2.75, 3.05) is 32.6 Å². The average molecular weight is 492 g/mol. The van der Waals surface area contributed by atoms with Crippen LogP contribution in [0.5, 0.6) is 0 Å². The zero-order chi connectivity index (χ0) is 26.3. The van der Waals surface area contributed by atoms with Crippen molar-refractivity contribution in [3.63, 3.8) is 0 Å². The summed E-state index contributed by atoms with van der Waals surface area (Å²) in [5.41, 5.74) is 3.65. The van der Waals surface area contributed by atoms with E-state index in [9.17, 15) is 4.79 Å². The number of anilines is 1. The van der Waals surface area contributed by atoms with Gasteiger partial charge in [0.05, 0.1) is 17.1 Å². The van der Waals surface area contributed by atoms with Gasteiger partial charge in [0.25, 0.3) is 11.7 Å². The monoisotopic (exact) mass is 491 g/mol. The van der Waals surface area contributed by atoms with Gasteiger partial charge in [-0.25, -0.2) is 4.98 Å². The molecule has 0 fully saturated rings. The molecule has 1 aromatic rings. The van der Waals surface area contributed by atoms with Gasteiger partial charge in [0.1, 0.15) is 5.60 Å². The van der Waals surface area contributed by atoms with E-state index in [1.807, 2.05) is 26.0 Å². The fraction of sp³-hybridized carbons (Fsp3) is 0.586. The highest BCUT2D eigenvalue weighted by atomic mass is 16.5. The molecule has 2 aliphatic rings. The number of aromatic nitrogens is 1. The smallest absolute Gasteiger partial charge is 0.294 e. The Balaban J connectivity index is 1.89. The summed E-state index contributed by atoms with van der Waals surface area (Å²) in [5, 5.41) is 3.03. The van der Waals surface area contributed by atoms with Gasteiger partial charge in [-0.05, 0) is 83.3 Å². The van der Waals surface area contributed by atoms with Crippen molar-refractivity contribution in [1.29, 1.82) is 0 Å². The van der Waals surface area contributed by atoms with Crippen LogP contribution in [0.25, 0.3) is 10.4 Å². The van der Waals surface area contributed by atoms with E-state index in [2.05, 4.69) is 54.1 Å². The molecule has 0 unspecified atom stereocenters. The Bertz CT molecular complexity index is 1090. The molecular formula is C29H41N5O2. The Morgan fingerprint density at radius 1 is 1.25 bits per heavy atom. The van der Waals surface area contributed by atoms with E-state index in [1.165, 1.54) is 5.57 Å². The standard InChI is InChI=1S/C29H41N5O2/c1-8-29(9-2)17-15-21(16-18-29)26-22(32-27(35)23-12-14-25(30-5)31-23)11-13-24(33-26)28(3,4)36-20-10-19-34(6)7/h11,13-15H,8-10,12,16-20H2,1-4,6-7H3,(H,32,35). The van der Waals surface area contributed by atoms with Crippen LogP contribution in [0.4, 0.5) is 5.69 Å². The number of nitrogens with zero attached hydrogens (tertiary/aromatic N) is 4. The molecule has 1 aromatic heterocycles. The third-order valence-corrected chi connectivity index (χ3v) is 7.59. The summed E-state index contributed by atoms with van der Waals surface area (Å²) in [6.07, 6.45) is 10.7. The first-order valence-corrected chi connectivity index (χ1v) is 13.1. The molecule has 194 valence electrons. The third kappa shape index (κ3) is 6.68. The van der Waals surface area contributed by atoms with Crippen LogP contribution in [0.3, 0.4) is 0 Å². The Kier molecular flexibility index (Phi) is 9.21. The number of carbonyl (C=O) groups is 1. The fourth-order valence-corrected chi connectivity index (χ4v) is 4.80. The molecule has 0 spiro atoms. The minimum atomic E-state index is -0.556. The Hall–Kier alpha value is -2.82. The van der Waals surface area contributed by atoms with Crippen molar-refractivity contribution in [3.8, 4) is 0 Å². The van der Waals surface area contributed by atoms with Crippen molar-refractivity contribution in [2.24, 2.45) is 10.4 Å². The predicted molar refractivity (Wildman–Crippen MR) is 147 cm³/mol. The summed E-state index contributed by atoms with van der Waals surface area (Å²) in [6.45, 7) is 17.4. The first kappa shape index (κ1) is 27.8. The lowest BCUT2D eigenvalue weighted by molar-refractivity contribution is -0.110. The van der Waals surface area contributed by atoms with Crippen molar-refractivity contribution in [2.45, 2.75) is 78.2 Å². The highest BCUT2D eigenvalue weighted by Crippen LogP contribution is 2.44. The number of pyridine rings is 1. The van der Waals surface area contributed by atoms with Crippen LogP contribution in [-0.4, -0.2) is 48.7 Å². The first-order valence-electron chi connectivity index (χ1n) is 13.1. The highest BCUT2D eigenvalue weighted by Gasteiger charge is 2.31. The number of amides is 1. The molecule has 0 atom stereocenters. The normalized spacial score (nSPS) is 17.3. The zero-order valence-corrected chi connectivity index (χ0v) is 22.8. The largest absolute Gasteiger partial charge is 0.369 e. The van der Waals surface area contributed by atoms with E-state index in [-0.39, 0.29) is 11.7 Å². The topological polar surface area (TPSA) is 71.2 Å². The van der Waals surface area contributed by atoms with Gasteiger partial charge >= 0.3 is 0 Å². The molecule has 7 heteroatoms. The minimum Gasteiger partial charge on any atom is -0.369 e. The molecule has 0 saturated carbocycles. The predicted octanol–water partition coefficient (Wildman–Crippen LogP) is 6.20. The maximum absolute atomic E-state index is 13.0. The van der Waals surface area contributed by atoms with Gasteiger partial charge in [0.2, 0.25) is 0 Å². The molecule has 1 N–H and O–H groups in total. The molecule has 1 aliphatic heterocycles. The Morgan fingerprint density at radius 3 is 2.58 bits per heavy atom. The molecule has 7 nitrogen and oxygen atoms in total. The van der Waals surface area contributed by atoms with Gasteiger partial charge in [-0.2, -0.15) is 0 Å². The Morgan fingerprint density at radius 2 is 2.00 bits per heavy atom. The molecule has 36 heavy (non-hydrogen) atoms. The second-order valence-electron chi connectivity index (χ2n) is 10.6. The highest BCUT2D eigenvalue weighted by molar-refractivity contribution is 6.44. The number of nitrogens with one attached hydrogen (secondary N) is 1. The molecule has 0 saturated heterocycles. The molecule has 3 rings (SSSR count). The number of ether oxygens (including phenoxy) is 1. The molecule has 1 amide bonds. The lowest BCUT2D eigenvalue weighted by Gasteiger charge is -2.35. The lowest BCUT2D eigenvalue weighted by Crippen LogP contribution is -2.27. The molecule has 0 radical (unpaired) electrons. The summed E-state index contributed by atoms with van der Waals surface area (Å²) < 4.78 is 6.25. The number of hydrogen-bond donors (Lipinski definition) is 1. The summed E-state index contributed by atoms with van der Waals surface area (Å²) in [6, 6.07) is 3.87. The quantitative estimate of drug-likeness (QED) is 0.295. The van der Waals surface area contributed by atoms with Gasteiger partial charge < -0.3 is 19.8 Å². The van der Waals surface area contributed by atoms with Crippen molar-refractivity contribution >= 4 is 22.9 Å². The SMILES string of the molecule is [C-]#[N+]C1=CCC(C(=O)Nc2ccc(C(C)(C)OCCCN(C)C)nc2C2=CCC(CC)(CC)CC2)=N1. The van der Waals surface area contributed by atoms with Gasteiger partial charge in [0, 0.05) is 13.0 Å². The number of hydrogen-bond acceptors (Lipinski definition) is 5. The van der Waals surface area contributed by atoms with Gasteiger partial charge in [-0.1, -0.05) is 45.4 Å². The van der Waals surface area contributed by atoms with E-state index >= 15 is 0 Å². The van der Waals surface area contributed by atoms with Crippen molar-refractivity contribution in [1.82, 2.24) is 9.88 Å². The van der Waals surface area contributed by atoms with E-state index in [4.69, 9.17) is 16.3 Å². The summed E-state index contributed by atoms with van der Waals surface area (Å²) in [5.74, 6) is -0.0137. The number of aliphatic imine (C=N–C) groups is 1. The first-order chi connectivity index (χ1) is 17.1. The zero-order valence-electron chi connectivity index (χ0n) is 22.8. The van der Waals surface area contributed by atoms with Crippen LogP contribution >= 0.6 is 0 Å². The number of rotatable bonds is 11. The van der Waals surface area contributed by atoms with E-state index in [0.29, 0.717) is 29.8 Å². The maximum atomic E-state index is 13.0. The summed E-state index contributed by atoms with van der Waals surface area (Å²) >= 11 is 0. The molecule has 2 heterocycles. The van der Waals surface area contributed by atoms with E-state index in [0.717, 1.165) is 56.5 Å². The van der Waals surface area contributed by atoms with Crippen LogP contribution in [0, 0.1) is 12.0 Å². The van der Waals surface area contributed by atoms with Crippen molar-refractivity contribution < 1.29 is 9.53 Å². The number of allylic oxidation sites excluding steroid dienone is 3. The van der Waals surface area contributed by atoms with Gasteiger partial charge in [-0.3, -0.25) is 4.79 Å². The summed E-state index contributed by atoms with van der Waals surface area (Å²) in [7, 11) is 4.12. The summed E-state index contributed by atoms with van der Waals surface area (Å²) in [4.78, 5) is 27.7. The molecule has 1 aliphatic carbocycles. The maximum Gasteiger partial charge on any atom is 0.294 e. The third-order valence-electron chi connectivity index (χ3n) is 7.59. The van der Waals surface area contributed by atoms with E-state index in [1.54, 1.807) is 6.08 Å². The van der Waals surface area contributed by atoms with Gasteiger partial charge in [-0.15, -0.1) is 4.99 Å². The van der Waals surface area contributed by atoms with Crippen LogP contribution in [0.2, 0.25) is 0 Å². The van der Waals surface area contributed by atoms with Crippen molar-refractivity contribution in [3.05, 3.63) is 52.9 Å². The lowest BCUT2D eigenvalue weighted by atomic mass is 9.71. The van der Waals surface area contributed by atoms with Crippen LogP contribution in [0.1, 0.15) is 84.0 Å². The van der Waals surface area contributed by atoms with Crippen LogP contribution in [0.15, 0.2) is 35.1 Å². The molecule has 0 bridgehead atoms. The second kappa shape index (κ2) is 11.9. The van der Waals surface area contributed by atoms with E-state index < -0.39 is 5.60 Å². The second-order valence-corrected chi connectivity index (χ2v) is 10.6. The molecular weight excluding hydrogens is 450 g/mol. The van der Waals surface area contributed by atoms with Crippen LogP contribution in [-0.2, 0) is 15.1 Å². The van der Waals surface area contributed by atoms with Crippen LogP contribution < -0.4 is 5.32 Å². The average Bonchev–Trinajstić information content (AvgIpc) is 3.36.